The van der Waals surface area contributed by atoms with Gasteiger partial charge in [-0.25, -0.2) is 4.98 Å². The predicted octanol–water partition coefficient (Wildman–Crippen LogP) is 2.53. The Morgan fingerprint density at radius 1 is 1.52 bits per heavy atom. The van der Waals surface area contributed by atoms with Crippen LogP contribution in [0.5, 0.6) is 0 Å². The van der Waals surface area contributed by atoms with E-state index >= 15 is 0 Å². The second kappa shape index (κ2) is 7.63. The zero-order valence-electron chi connectivity index (χ0n) is 14.1. The summed E-state index contributed by atoms with van der Waals surface area (Å²) in [5, 5.41) is 22.1. The van der Waals surface area contributed by atoms with Crippen molar-refractivity contribution in [3.8, 4) is 10.6 Å². The maximum atomic E-state index is 12.6. The van der Waals surface area contributed by atoms with Crippen molar-refractivity contribution in [2.45, 2.75) is 26.3 Å². The van der Waals surface area contributed by atoms with E-state index in [0.717, 1.165) is 17.7 Å². The standard InChI is InChI=1S/C16H20ClN5O2S/c1-9(2)19-12-5-13(17)18-6-11(12)14-20-21-15(25-14)16(24)22-4-3-10(7-22)8-23/h5-6,9-10,23H,3-4,7-8H2,1-2H3,(H,18,19). The Morgan fingerprint density at radius 2 is 2.32 bits per heavy atom. The third-order valence-electron chi connectivity index (χ3n) is 3.98. The van der Waals surface area contributed by atoms with Crippen molar-refractivity contribution in [2.75, 3.05) is 25.0 Å². The van der Waals surface area contributed by atoms with Gasteiger partial charge in [0.2, 0.25) is 5.01 Å². The van der Waals surface area contributed by atoms with Crippen molar-refractivity contribution in [1.82, 2.24) is 20.1 Å². The number of amides is 1. The second-order valence-electron chi connectivity index (χ2n) is 6.35. The number of hydrogen-bond donors (Lipinski definition) is 2. The number of hydrogen-bond acceptors (Lipinski definition) is 7. The number of carbonyl (C=O) groups is 1. The minimum atomic E-state index is -0.139. The molecular formula is C16H20ClN5O2S. The quantitative estimate of drug-likeness (QED) is 0.773. The number of anilines is 1. The number of halogens is 1. The fourth-order valence-corrected chi connectivity index (χ4v) is 3.74. The van der Waals surface area contributed by atoms with Gasteiger partial charge in [0.25, 0.3) is 5.91 Å². The first-order chi connectivity index (χ1) is 12.0. The van der Waals surface area contributed by atoms with E-state index in [1.165, 1.54) is 11.3 Å². The van der Waals surface area contributed by atoms with Gasteiger partial charge in [0.05, 0.1) is 5.56 Å². The maximum Gasteiger partial charge on any atom is 0.284 e. The number of carbonyl (C=O) groups excluding carboxylic acids is 1. The average molecular weight is 382 g/mol. The summed E-state index contributed by atoms with van der Waals surface area (Å²) >= 11 is 7.23. The molecule has 1 unspecified atom stereocenters. The number of aromatic nitrogens is 3. The number of pyridine rings is 1. The van der Waals surface area contributed by atoms with Crippen LogP contribution >= 0.6 is 22.9 Å². The molecule has 134 valence electrons. The molecule has 9 heteroatoms. The Morgan fingerprint density at radius 3 is 3.00 bits per heavy atom. The van der Waals surface area contributed by atoms with Gasteiger partial charge >= 0.3 is 0 Å². The lowest BCUT2D eigenvalue weighted by Crippen LogP contribution is -2.29. The van der Waals surface area contributed by atoms with Crippen LogP contribution in [0.25, 0.3) is 10.6 Å². The van der Waals surface area contributed by atoms with Crippen molar-refractivity contribution in [1.29, 1.82) is 0 Å². The summed E-state index contributed by atoms with van der Waals surface area (Å²) in [6.45, 7) is 5.36. The van der Waals surface area contributed by atoms with E-state index < -0.39 is 0 Å². The highest BCUT2D eigenvalue weighted by atomic mass is 35.5. The number of aliphatic hydroxyl groups is 1. The Labute approximate surface area is 155 Å². The minimum Gasteiger partial charge on any atom is -0.396 e. The van der Waals surface area contributed by atoms with Crippen LogP contribution in [-0.2, 0) is 0 Å². The van der Waals surface area contributed by atoms with Crippen LogP contribution < -0.4 is 5.32 Å². The molecule has 3 rings (SSSR count). The molecule has 1 atom stereocenters. The number of nitrogens with zero attached hydrogens (tertiary/aromatic N) is 4. The largest absolute Gasteiger partial charge is 0.396 e. The lowest BCUT2D eigenvalue weighted by atomic mass is 10.1. The zero-order valence-corrected chi connectivity index (χ0v) is 15.6. The van der Waals surface area contributed by atoms with Gasteiger partial charge in [-0.1, -0.05) is 22.9 Å². The third kappa shape index (κ3) is 4.08. The molecule has 0 saturated carbocycles. The molecule has 1 saturated heterocycles. The number of aliphatic hydroxyl groups excluding tert-OH is 1. The first kappa shape index (κ1) is 18.0. The van der Waals surface area contributed by atoms with Crippen molar-refractivity contribution in [3.63, 3.8) is 0 Å². The fraction of sp³-hybridized carbons (Fsp3) is 0.500. The Kier molecular flexibility index (Phi) is 5.51. The molecule has 0 aliphatic carbocycles. The normalized spacial score (nSPS) is 17.3. The smallest absolute Gasteiger partial charge is 0.284 e. The molecule has 0 aromatic carbocycles. The third-order valence-corrected chi connectivity index (χ3v) is 5.14. The van der Waals surface area contributed by atoms with E-state index in [0.29, 0.717) is 28.3 Å². The Hall–Kier alpha value is -1.77. The van der Waals surface area contributed by atoms with Gasteiger partial charge in [-0.3, -0.25) is 4.79 Å². The van der Waals surface area contributed by atoms with Gasteiger partial charge in [-0.15, -0.1) is 10.2 Å². The fourth-order valence-electron chi connectivity index (χ4n) is 2.75. The molecule has 1 aliphatic heterocycles. The molecule has 3 heterocycles. The summed E-state index contributed by atoms with van der Waals surface area (Å²) in [5.74, 6) is 0.0126. The van der Waals surface area contributed by atoms with Crippen molar-refractivity contribution in [3.05, 3.63) is 22.4 Å². The van der Waals surface area contributed by atoms with Gasteiger partial charge < -0.3 is 15.3 Å². The molecule has 1 fully saturated rings. The first-order valence-corrected chi connectivity index (χ1v) is 9.33. The SMILES string of the molecule is CC(C)Nc1cc(Cl)ncc1-c1nnc(C(=O)N2CCC(CO)C2)s1. The monoisotopic (exact) mass is 381 g/mol. The van der Waals surface area contributed by atoms with E-state index in [9.17, 15) is 9.90 Å². The van der Waals surface area contributed by atoms with Gasteiger partial charge in [0.1, 0.15) is 5.15 Å². The van der Waals surface area contributed by atoms with Gasteiger partial charge in [-0.2, -0.15) is 0 Å². The van der Waals surface area contributed by atoms with Crippen LogP contribution in [0.15, 0.2) is 12.3 Å². The highest BCUT2D eigenvalue weighted by molar-refractivity contribution is 7.16. The Balaban J connectivity index is 1.83. The molecule has 2 N–H and O–H groups in total. The Bertz CT molecular complexity index is 767. The van der Waals surface area contributed by atoms with E-state index in [1.807, 2.05) is 13.8 Å². The zero-order chi connectivity index (χ0) is 18.0. The maximum absolute atomic E-state index is 12.6. The van der Waals surface area contributed by atoms with Crippen LogP contribution in [0.1, 0.15) is 30.1 Å². The van der Waals surface area contributed by atoms with Gasteiger partial charge in [0.15, 0.2) is 5.01 Å². The summed E-state index contributed by atoms with van der Waals surface area (Å²) in [7, 11) is 0. The van der Waals surface area contributed by atoms with Crippen LogP contribution in [-0.4, -0.2) is 56.8 Å². The molecule has 25 heavy (non-hydrogen) atoms. The lowest BCUT2D eigenvalue weighted by Gasteiger charge is -2.14. The van der Waals surface area contributed by atoms with Crippen molar-refractivity contribution in [2.24, 2.45) is 5.92 Å². The minimum absolute atomic E-state index is 0.103. The van der Waals surface area contributed by atoms with E-state index in [1.54, 1.807) is 17.2 Å². The molecule has 2 aromatic heterocycles. The average Bonchev–Trinajstić information content (AvgIpc) is 3.23. The molecular weight excluding hydrogens is 362 g/mol. The number of likely N-dealkylation sites (tertiary alicyclic amines) is 1. The summed E-state index contributed by atoms with van der Waals surface area (Å²) in [6, 6.07) is 1.96. The summed E-state index contributed by atoms with van der Waals surface area (Å²) in [6.07, 6.45) is 2.46. The molecule has 2 aromatic rings. The van der Waals surface area contributed by atoms with E-state index in [4.69, 9.17) is 11.6 Å². The highest BCUT2D eigenvalue weighted by Crippen LogP contribution is 2.32. The van der Waals surface area contributed by atoms with Crippen molar-refractivity contribution < 1.29 is 9.90 Å². The number of rotatable bonds is 5. The second-order valence-corrected chi connectivity index (χ2v) is 7.72. The molecule has 0 radical (unpaired) electrons. The van der Waals surface area contributed by atoms with Crippen molar-refractivity contribution >= 4 is 34.5 Å². The first-order valence-electron chi connectivity index (χ1n) is 8.14. The lowest BCUT2D eigenvalue weighted by molar-refractivity contribution is 0.0780. The molecule has 1 aliphatic rings. The predicted molar refractivity (Wildman–Crippen MR) is 98.0 cm³/mol. The van der Waals surface area contributed by atoms with Crippen LogP contribution in [0.4, 0.5) is 5.69 Å². The van der Waals surface area contributed by atoms with E-state index in [-0.39, 0.29) is 24.5 Å². The van der Waals surface area contributed by atoms with Crippen LogP contribution in [0, 0.1) is 5.92 Å². The summed E-state index contributed by atoms with van der Waals surface area (Å²) in [5.41, 5.74) is 1.58. The van der Waals surface area contributed by atoms with Crippen LogP contribution in [0.2, 0.25) is 5.15 Å². The number of nitrogens with one attached hydrogen (secondary N) is 1. The topological polar surface area (TPSA) is 91.2 Å². The summed E-state index contributed by atoms with van der Waals surface area (Å²) in [4.78, 5) is 18.4. The molecule has 0 spiro atoms. The van der Waals surface area contributed by atoms with E-state index in [2.05, 4.69) is 20.5 Å². The van der Waals surface area contributed by atoms with Gasteiger partial charge in [0, 0.05) is 43.5 Å². The van der Waals surface area contributed by atoms with Crippen LogP contribution in [0.3, 0.4) is 0 Å². The molecule has 1 amide bonds. The summed E-state index contributed by atoms with van der Waals surface area (Å²) < 4.78 is 0. The molecule has 7 nitrogen and oxygen atoms in total. The highest BCUT2D eigenvalue weighted by Gasteiger charge is 2.28. The van der Waals surface area contributed by atoms with Gasteiger partial charge in [-0.05, 0) is 26.3 Å². The molecule has 0 bridgehead atoms.